The Morgan fingerprint density at radius 3 is 1.65 bits per heavy atom. The van der Waals surface area contributed by atoms with Gasteiger partial charge < -0.3 is 15.8 Å². The van der Waals surface area contributed by atoms with Crippen LogP contribution in [0.4, 0.5) is 22.4 Å². The fourth-order valence-electron chi connectivity index (χ4n) is 2.17. The lowest BCUT2D eigenvalue weighted by Crippen LogP contribution is -2.32. The molecule has 6 nitrogen and oxygen atoms in total. The van der Waals surface area contributed by atoms with Crippen molar-refractivity contribution in [2.75, 3.05) is 0 Å². The van der Waals surface area contributed by atoms with Gasteiger partial charge in [0.15, 0.2) is 0 Å². The normalized spacial score (nSPS) is 10.3. The summed E-state index contributed by atoms with van der Waals surface area (Å²) in [7, 11) is 0. The summed E-state index contributed by atoms with van der Waals surface area (Å²) < 4.78 is 57.1. The molecule has 10 heteroatoms. The maximum atomic E-state index is 13.3. The third kappa shape index (κ3) is 7.96. The number of nitrogens with zero attached hydrogens (tertiary/aromatic N) is 2. The second-order valence-corrected chi connectivity index (χ2v) is 7.15. The summed E-state index contributed by atoms with van der Waals surface area (Å²) in [6.07, 6.45) is -0.683. The second-order valence-electron chi connectivity index (χ2n) is 7.15. The van der Waals surface area contributed by atoms with Gasteiger partial charge in [-0.1, -0.05) is 0 Å². The minimum Gasteiger partial charge on any atom is -0.444 e. The number of nitriles is 2. The zero-order valence-electron chi connectivity index (χ0n) is 17.0. The van der Waals surface area contributed by atoms with Crippen molar-refractivity contribution < 1.29 is 27.1 Å². The van der Waals surface area contributed by atoms with Crippen LogP contribution in [-0.4, -0.2) is 11.7 Å². The molecule has 0 saturated heterocycles. The predicted molar refractivity (Wildman–Crippen MR) is 103 cm³/mol. The summed E-state index contributed by atoms with van der Waals surface area (Å²) in [5.74, 6) is -3.64. The molecule has 2 aromatic rings. The first-order chi connectivity index (χ1) is 14.4. The van der Waals surface area contributed by atoms with Gasteiger partial charge in [0, 0.05) is 13.1 Å². The molecule has 0 aliphatic heterocycles. The maximum absolute atomic E-state index is 13.3. The van der Waals surface area contributed by atoms with Crippen LogP contribution in [0.2, 0.25) is 0 Å². The van der Waals surface area contributed by atoms with Gasteiger partial charge in [-0.3, -0.25) is 0 Å². The standard InChI is InChI=1S/C13H14F2N2O2.C8H6F2N2/c1-13(2,3)19-12(18)17-7-8-4-10(14)9(6-16)11(15)5-8;9-7-1-5(3-11)2-8(10)6(7)4-12/h4-5H,7H2,1-3H3,(H,17,18);1-2H,3,11H2. The number of carbonyl (C=O) groups excluding carboxylic acids is 1. The van der Waals surface area contributed by atoms with Crippen LogP contribution in [0.25, 0.3) is 0 Å². The number of rotatable bonds is 3. The average Bonchev–Trinajstić information content (AvgIpc) is 2.65. The van der Waals surface area contributed by atoms with E-state index < -0.39 is 46.1 Å². The third-order valence-corrected chi connectivity index (χ3v) is 3.50. The van der Waals surface area contributed by atoms with Gasteiger partial charge in [0.1, 0.15) is 52.1 Å². The van der Waals surface area contributed by atoms with Crippen molar-refractivity contribution in [3.63, 3.8) is 0 Å². The molecule has 0 aliphatic rings. The minimum atomic E-state index is -0.955. The summed E-state index contributed by atoms with van der Waals surface area (Å²) in [5.41, 5.74) is 3.86. The van der Waals surface area contributed by atoms with Crippen LogP contribution in [-0.2, 0) is 17.8 Å². The summed E-state index contributed by atoms with van der Waals surface area (Å²) >= 11 is 0. The number of benzene rings is 2. The average molecular weight is 436 g/mol. The summed E-state index contributed by atoms with van der Waals surface area (Å²) in [6.45, 7) is 5.07. The van der Waals surface area contributed by atoms with Crippen molar-refractivity contribution in [3.05, 3.63) is 69.8 Å². The van der Waals surface area contributed by atoms with Gasteiger partial charge in [-0.15, -0.1) is 0 Å². The van der Waals surface area contributed by atoms with Crippen LogP contribution in [0, 0.1) is 45.9 Å². The Kier molecular flexibility index (Phi) is 8.97. The molecule has 164 valence electrons. The van der Waals surface area contributed by atoms with E-state index in [4.69, 9.17) is 21.0 Å². The topological polar surface area (TPSA) is 112 Å². The molecule has 0 atom stereocenters. The first kappa shape index (κ1) is 25.4. The Morgan fingerprint density at radius 2 is 1.32 bits per heavy atom. The summed E-state index contributed by atoms with van der Waals surface area (Å²) in [4.78, 5) is 11.4. The van der Waals surface area contributed by atoms with E-state index in [1.165, 1.54) is 12.1 Å². The molecule has 0 radical (unpaired) electrons. The molecule has 0 aromatic heterocycles. The van der Waals surface area contributed by atoms with Crippen molar-refractivity contribution >= 4 is 6.09 Å². The highest BCUT2D eigenvalue weighted by atomic mass is 19.1. The highest BCUT2D eigenvalue weighted by Crippen LogP contribution is 2.15. The molecule has 1 amide bonds. The van der Waals surface area contributed by atoms with Gasteiger partial charge in [-0.2, -0.15) is 10.5 Å². The molecular formula is C21H20F4N4O2. The number of nitrogens with one attached hydrogen (secondary N) is 1. The van der Waals surface area contributed by atoms with Crippen LogP contribution < -0.4 is 11.1 Å². The number of amides is 1. The van der Waals surface area contributed by atoms with E-state index >= 15 is 0 Å². The van der Waals surface area contributed by atoms with Crippen molar-refractivity contribution in [1.29, 1.82) is 10.5 Å². The first-order valence-electron chi connectivity index (χ1n) is 8.84. The molecule has 0 saturated carbocycles. The zero-order chi connectivity index (χ0) is 23.8. The Morgan fingerprint density at radius 1 is 0.935 bits per heavy atom. The molecule has 0 heterocycles. The summed E-state index contributed by atoms with van der Waals surface area (Å²) in [6, 6.07) is 6.96. The number of nitrogens with two attached hydrogens (primary N) is 1. The van der Waals surface area contributed by atoms with Gasteiger partial charge in [0.05, 0.1) is 0 Å². The molecule has 3 N–H and O–H groups in total. The molecule has 0 unspecified atom stereocenters. The second kappa shape index (κ2) is 11.0. The number of alkyl carbamates (subject to hydrolysis) is 1. The van der Waals surface area contributed by atoms with E-state index in [1.807, 2.05) is 0 Å². The smallest absolute Gasteiger partial charge is 0.407 e. The van der Waals surface area contributed by atoms with Crippen LogP contribution in [0.3, 0.4) is 0 Å². The Balaban J connectivity index is 0.000000343. The number of halogens is 4. The Bertz CT molecular complexity index is 991. The first-order valence-corrected chi connectivity index (χ1v) is 8.84. The minimum absolute atomic E-state index is 0.0551. The molecule has 2 aromatic carbocycles. The number of hydrogen-bond donors (Lipinski definition) is 2. The lowest BCUT2D eigenvalue weighted by molar-refractivity contribution is 0.0523. The quantitative estimate of drug-likeness (QED) is 0.702. The SMILES string of the molecule is CC(C)(C)OC(=O)NCc1cc(F)c(C#N)c(F)c1.N#Cc1c(F)cc(CN)cc1F. The number of carbonyl (C=O) groups is 1. The highest BCUT2D eigenvalue weighted by Gasteiger charge is 2.16. The molecule has 0 fully saturated rings. The van der Waals surface area contributed by atoms with Gasteiger partial charge >= 0.3 is 6.09 Å². The number of hydrogen-bond acceptors (Lipinski definition) is 5. The van der Waals surface area contributed by atoms with Gasteiger partial charge in [0.2, 0.25) is 0 Å². The van der Waals surface area contributed by atoms with Crippen molar-refractivity contribution in [2.45, 2.75) is 39.5 Å². The number of ether oxygens (including phenoxy) is 1. The molecular weight excluding hydrogens is 416 g/mol. The van der Waals surface area contributed by atoms with Gasteiger partial charge in [-0.25, -0.2) is 22.4 Å². The third-order valence-electron chi connectivity index (χ3n) is 3.50. The van der Waals surface area contributed by atoms with E-state index in [0.717, 1.165) is 24.3 Å². The fourth-order valence-corrected chi connectivity index (χ4v) is 2.17. The maximum Gasteiger partial charge on any atom is 0.407 e. The molecule has 0 spiro atoms. The predicted octanol–water partition coefficient (Wildman–Crippen LogP) is 4.16. The van der Waals surface area contributed by atoms with Gasteiger partial charge in [0.25, 0.3) is 0 Å². The zero-order valence-corrected chi connectivity index (χ0v) is 17.0. The van der Waals surface area contributed by atoms with E-state index in [2.05, 4.69) is 5.32 Å². The van der Waals surface area contributed by atoms with E-state index in [9.17, 15) is 22.4 Å². The van der Waals surface area contributed by atoms with Crippen LogP contribution in [0.15, 0.2) is 24.3 Å². The fraction of sp³-hybridized carbons (Fsp3) is 0.286. The molecule has 0 aliphatic carbocycles. The van der Waals surface area contributed by atoms with E-state index in [-0.39, 0.29) is 18.7 Å². The molecule has 2 rings (SSSR count). The molecule has 0 bridgehead atoms. The monoisotopic (exact) mass is 436 g/mol. The van der Waals surface area contributed by atoms with Crippen molar-refractivity contribution in [3.8, 4) is 12.1 Å². The van der Waals surface area contributed by atoms with Crippen LogP contribution >= 0.6 is 0 Å². The van der Waals surface area contributed by atoms with Crippen molar-refractivity contribution in [2.24, 2.45) is 5.73 Å². The van der Waals surface area contributed by atoms with E-state index in [1.54, 1.807) is 20.8 Å². The van der Waals surface area contributed by atoms with Crippen molar-refractivity contribution in [1.82, 2.24) is 5.32 Å². The lowest BCUT2D eigenvalue weighted by Gasteiger charge is -2.19. The van der Waals surface area contributed by atoms with E-state index in [0.29, 0.717) is 5.56 Å². The van der Waals surface area contributed by atoms with Gasteiger partial charge in [-0.05, 0) is 56.2 Å². The Hall–Kier alpha value is -3.63. The highest BCUT2D eigenvalue weighted by molar-refractivity contribution is 5.67. The lowest BCUT2D eigenvalue weighted by atomic mass is 10.1. The summed E-state index contributed by atoms with van der Waals surface area (Å²) in [5, 5.41) is 19.2. The van der Waals surface area contributed by atoms with Crippen LogP contribution in [0.5, 0.6) is 0 Å². The molecule has 31 heavy (non-hydrogen) atoms. The van der Waals surface area contributed by atoms with Crippen LogP contribution in [0.1, 0.15) is 43.0 Å². The Labute approximate surface area is 176 Å². The largest absolute Gasteiger partial charge is 0.444 e.